The van der Waals surface area contributed by atoms with Crippen LogP contribution in [0.4, 0.5) is 0 Å². The molecule has 0 aliphatic carbocycles. The molecule has 0 amide bonds. The van der Waals surface area contributed by atoms with Gasteiger partial charge in [-0.15, -0.1) is 0 Å². The van der Waals surface area contributed by atoms with Gasteiger partial charge >= 0.3 is 0 Å². The van der Waals surface area contributed by atoms with Crippen molar-refractivity contribution in [1.82, 2.24) is 0 Å². The monoisotopic (exact) mass is 242 g/mol. The second-order valence-electron chi connectivity index (χ2n) is 4.02. The first-order chi connectivity index (χ1) is 8.66. The van der Waals surface area contributed by atoms with Crippen LogP contribution in [0.5, 0.6) is 11.5 Å². The van der Waals surface area contributed by atoms with E-state index < -0.39 is 0 Å². The molecule has 0 saturated heterocycles. The number of carbonyl (C=O) groups excluding carboxylic acids is 1. The quantitative estimate of drug-likeness (QED) is 0.838. The summed E-state index contributed by atoms with van der Waals surface area (Å²) in [6.45, 7) is 1.93. The predicted octanol–water partition coefficient (Wildman–Crippen LogP) is 2.96. The van der Waals surface area contributed by atoms with E-state index in [9.17, 15) is 4.79 Å². The van der Waals surface area contributed by atoms with Gasteiger partial charge in [0.15, 0.2) is 12.4 Å². The molecular weight excluding hydrogens is 228 g/mol. The molecule has 0 atom stereocenters. The van der Waals surface area contributed by atoms with Crippen LogP contribution in [0.1, 0.15) is 15.9 Å². The highest BCUT2D eigenvalue weighted by Crippen LogP contribution is 2.17. The van der Waals surface area contributed by atoms with Crippen LogP contribution in [0.2, 0.25) is 0 Å². The molecule has 0 bridgehead atoms. The van der Waals surface area contributed by atoms with E-state index in [-0.39, 0.29) is 18.1 Å². The van der Waals surface area contributed by atoms with Crippen LogP contribution in [-0.2, 0) is 0 Å². The van der Waals surface area contributed by atoms with Gasteiger partial charge in [0.25, 0.3) is 0 Å². The number of hydrogen-bond donors (Lipinski definition) is 1. The molecule has 2 aromatic rings. The predicted molar refractivity (Wildman–Crippen MR) is 69.1 cm³/mol. The van der Waals surface area contributed by atoms with E-state index in [2.05, 4.69) is 0 Å². The summed E-state index contributed by atoms with van der Waals surface area (Å²) in [5.41, 5.74) is 1.53. The Labute approximate surface area is 106 Å². The number of hydrogen-bond acceptors (Lipinski definition) is 3. The maximum atomic E-state index is 11.8. The van der Waals surface area contributed by atoms with Crippen LogP contribution >= 0.6 is 0 Å². The van der Waals surface area contributed by atoms with Gasteiger partial charge in [-0.05, 0) is 42.8 Å². The largest absolute Gasteiger partial charge is 0.508 e. The number of aromatic hydroxyl groups is 1. The molecule has 0 unspecified atom stereocenters. The number of ketones is 1. The summed E-state index contributed by atoms with van der Waals surface area (Å²) < 4.78 is 5.47. The Balaban J connectivity index is 2.01. The summed E-state index contributed by atoms with van der Waals surface area (Å²) in [4.78, 5) is 11.8. The topological polar surface area (TPSA) is 46.5 Å². The van der Waals surface area contributed by atoms with Gasteiger partial charge in [0, 0.05) is 5.56 Å². The van der Waals surface area contributed by atoms with E-state index >= 15 is 0 Å². The third-order valence-corrected chi connectivity index (χ3v) is 2.64. The number of carbonyl (C=O) groups is 1. The maximum absolute atomic E-state index is 11.8. The van der Waals surface area contributed by atoms with Gasteiger partial charge in [-0.2, -0.15) is 0 Å². The normalized spacial score (nSPS) is 10.1. The molecule has 0 spiro atoms. The molecule has 3 nitrogen and oxygen atoms in total. The fraction of sp³-hybridized carbons (Fsp3) is 0.133. The minimum atomic E-state index is -0.113. The summed E-state index contributed by atoms with van der Waals surface area (Å²) in [5.74, 6) is 0.745. The summed E-state index contributed by atoms with van der Waals surface area (Å²) >= 11 is 0. The summed E-state index contributed by atoms with van der Waals surface area (Å²) in [7, 11) is 0. The van der Waals surface area contributed by atoms with Crippen LogP contribution in [0.25, 0.3) is 0 Å². The second kappa shape index (κ2) is 5.36. The van der Waals surface area contributed by atoms with Crippen molar-refractivity contribution < 1.29 is 14.6 Å². The average molecular weight is 242 g/mol. The number of Topliss-reactive ketones (excluding diaryl/α,β-unsaturated/α-hetero) is 1. The highest BCUT2D eigenvalue weighted by Gasteiger charge is 2.07. The van der Waals surface area contributed by atoms with E-state index in [1.807, 2.05) is 31.2 Å². The number of para-hydroxylation sites is 1. The first kappa shape index (κ1) is 12.2. The summed E-state index contributed by atoms with van der Waals surface area (Å²) in [6.07, 6.45) is 0. The molecule has 0 radical (unpaired) electrons. The van der Waals surface area contributed by atoms with Crippen molar-refractivity contribution in [2.24, 2.45) is 0 Å². The fourth-order valence-corrected chi connectivity index (χ4v) is 1.59. The zero-order chi connectivity index (χ0) is 13.0. The third-order valence-electron chi connectivity index (χ3n) is 2.64. The van der Waals surface area contributed by atoms with Crippen molar-refractivity contribution in [3.63, 3.8) is 0 Å². The van der Waals surface area contributed by atoms with E-state index in [1.54, 1.807) is 12.1 Å². The van der Waals surface area contributed by atoms with Gasteiger partial charge in [0.2, 0.25) is 0 Å². The lowest BCUT2D eigenvalue weighted by Gasteiger charge is -2.08. The molecule has 18 heavy (non-hydrogen) atoms. The summed E-state index contributed by atoms with van der Waals surface area (Å²) in [5, 5.41) is 9.14. The number of phenolic OH excluding ortho intramolecular Hbond substituents is 1. The highest BCUT2D eigenvalue weighted by atomic mass is 16.5. The van der Waals surface area contributed by atoms with Crippen LogP contribution in [0, 0.1) is 6.92 Å². The molecule has 3 heteroatoms. The Kier molecular flexibility index (Phi) is 3.63. The zero-order valence-electron chi connectivity index (χ0n) is 10.1. The van der Waals surface area contributed by atoms with Gasteiger partial charge in [-0.1, -0.05) is 18.2 Å². The van der Waals surface area contributed by atoms with Crippen LogP contribution in [0.3, 0.4) is 0 Å². The van der Waals surface area contributed by atoms with Gasteiger partial charge in [-0.3, -0.25) is 4.79 Å². The molecule has 1 N–H and O–H groups in total. The Morgan fingerprint density at radius 1 is 1.11 bits per heavy atom. The van der Waals surface area contributed by atoms with E-state index in [1.165, 1.54) is 12.1 Å². The average Bonchev–Trinajstić information content (AvgIpc) is 2.38. The Hall–Kier alpha value is -2.29. The Morgan fingerprint density at radius 3 is 2.44 bits per heavy atom. The smallest absolute Gasteiger partial charge is 0.200 e. The van der Waals surface area contributed by atoms with Gasteiger partial charge in [0.05, 0.1) is 0 Å². The number of phenols is 1. The molecule has 0 aliphatic rings. The molecule has 0 saturated carbocycles. The lowest BCUT2D eigenvalue weighted by molar-refractivity contribution is 0.0921. The molecule has 0 fully saturated rings. The minimum Gasteiger partial charge on any atom is -0.508 e. The first-order valence-electron chi connectivity index (χ1n) is 5.67. The first-order valence-corrected chi connectivity index (χ1v) is 5.67. The SMILES string of the molecule is Cc1ccccc1OCC(=O)c1ccc(O)cc1. The van der Waals surface area contributed by atoms with E-state index in [0.717, 1.165) is 5.56 Å². The standard InChI is InChI=1S/C15H14O3/c1-11-4-2-3-5-15(11)18-10-14(17)12-6-8-13(16)9-7-12/h2-9,16H,10H2,1H3. The van der Waals surface area contributed by atoms with Gasteiger partial charge in [0.1, 0.15) is 11.5 Å². The molecule has 2 rings (SSSR count). The van der Waals surface area contributed by atoms with Crippen molar-refractivity contribution in [2.75, 3.05) is 6.61 Å². The number of rotatable bonds is 4. The fourth-order valence-electron chi connectivity index (χ4n) is 1.59. The minimum absolute atomic E-state index is 0.00434. The Bertz CT molecular complexity index is 544. The number of ether oxygens (including phenoxy) is 1. The summed E-state index contributed by atoms with van der Waals surface area (Å²) in [6, 6.07) is 13.7. The van der Waals surface area contributed by atoms with Crippen molar-refractivity contribution in [2.45, 2.75) is 6.92 Å². The van der Waals surface area contributed by atoms with Crippen molar-refractivity contribution in [3.05, 3.63) is 59.7 Å². The van der Waals surface area contributed by atoms with Crippen molar-refractivity contribution >= 4 is 5.78 Å². The van der Waals surface area contributed by atoms with Crippen LogP contribution < -0.4 is 4.74 Å². The van der Waals surface area contributed by atoms with E-state index in [0.29, 0.717) is 11.3 Å². The molecule has 0 heterocycles. The van der Waals surface area contributed by atoms with Crippen LogP contribution in [-0.4, -0.2) is 17.5 Å². The highest BCUT2D eigenvalue weighted by molar-refractivity contribution is 5.97. The molecule has 2 aromatic carbocycles. The maximum Gasteiger partial charge on any atom is 0.200 e. The van der Waals surface area contributed by atoms with Crippen molar-refractivity contribution in [3.8, 4) is 11.5 Å². The number of aryl methyl sites for hydroxylation is 1. The third kappa shape index (κ3) is 2.88. The van der Waals surface area contributed by atoms with Crippen LogP contribution in [0.15, 0.2) is 48.5 Å². The Morgan fingerprint density at radius 2 is 1.78 bits per heavy atom. The lowest BCUT2D eigenvalue weighted by atomic mass is 10.1. The molecular formula is C15H14O3. The van der Waals surface area contributed by atoms with Gasteiger partial charge < -0.3 is 9.84 Å². The lowest BCUT2D eigenvalue weighted by Crippen LogP contribution is -2.11. The molecule has 0 aliphatic heterocycles. The zero-order valence-corrected chi connectivity index (χ0v) is 10.1. The van der Waals surface area contributed by atoms with Gasteiger partial charge in [-0.25, -0.2) is 0 Å². The van der Waals surface area contributed by atoms with E-state index in [4.69, 9.17) is 9.84 Å². The molecule has 92 valence electrons. The second-order valence-corrected chi connectivity index (χ2v) is 4.02. The number of benzene rings is 2. The molecule has 0 aromatic heterocycles. The van der Waals surface area contributed by atoms with Crippen molar-refractivity contribution in [1.29, 1.82) is 0 Å².